The van der Waals surface area contributed by atoms with Crippen LogP contribution in [0.1, 0.15) is 106 Å². The van der Waals surface area contributed by atoms with Gasteiger partial charge in [0.1, 0.15) is 11.6 Å². The molecule has 0 aromatic heterocycles. The van der Waals surface area contributed by atoms with Crippen LogP contribution in [0.5, 0.6) is 0 Å². The second-order valence-corrected chi connectivity index (χ2v) is 9.90. The molecule has 1 aliphatic rings. The van der Waals surface area contributed by atoms with Crippen molar-refractivity contribution in [3.05, 3.63) is 0 Å². The first kappa shape index (κ1) is 26.8. The number of ketones is 2. The van der Waals surface area contributed by atoms with Crippen LogP contribution in [0.15, 0.2) is 0 Å². The smallest absolute Gasteiger partial charge is 0.308 e. The third-order valence-electron chi connectivity index (χ3n) is 7.38. The fourth-order valence-electron chi connectivity index (χ4n) is 4.14. The quantitative estimate of drug-likeness (QED) is 0.304. The number of rotatable bonds is 14. The van der Waals surface area contributed by atoms with Gasteiger partial charge < -0.3 is 4.74 Å². The minimum atomic E-state index is -0.312. The van der Waals surface area contributed by atoms with Gasteiger partial charge in [0.05, 0.1) is 12.5 Å². The van der Waals surface area contributed by atoms with Gasteiger partial charge in [0.2, 0.25) is 0 Å². The predicted octanol–water partition coefficient (Wildman–Crippen LogP) is 6.40. The van der Waals surface area contributed by atoms with E-state index in [0.29, 0.717) is 56.5 Å². The number of Topliss-reactive ketones (excluding diaryl/α,β-unsaturated/α-hetero) is 2. The van der Waals surface area contributed by atoms with Crippen molar-refractivity contribution in [2.45, 2.75) is 106 Å². The molecule has 0 aliphatic heterocycles. The molecule has 1 aliphatic carbocycles. The SMILES string of the molecule is CCC(C)CCC(=O)C1CCC(C(=O)OCC(C)CC)CC1C(=O)CCC(C)CC. The van der Waals surface area contributed by atoms with Gasteiger partial charge in [-0.25, -0.2) is 0 Å². The Labute approximate surface area is 184 Å². The van der Waals surface area contributed by atoms with E-state index in [1.165, 1.54) is 0 Å². The predicted molar refractivity (Wildman–Crippen MR) is 122 cm³/mol. The minimum Gasteiger partial charge on any atom is -0.465 e. The first-order valence-corrected chi connectivity index (χ1v) is 12.4. The summed E-state index contributed by atoms with van der Waals surface area (Å²) in [5.41, 5.74) is 0. The van der Waals surface area contributed by atoms with Crippen LogP contribution in [0.25, 0.3) is 0 Å². The molecule has 0 radical (unpaired) electrons. The lowest BCUT2D eigenvalue weighted by Crippen LogP contribution is -2.38. The molecule has 4 nitrogen and oxygen atoms in total. The molecule has 174 valence electrons. The maximum absolute atomic E-state index is 13.1. The van der Waals surface area contributed by atoms with Gasteiger partial charge in [-0.15, -0.1) is 0 Å². The third-order valence-corrected chi connectivity index (χ3v) is 7.38. The number of ether oxygens (including phenoxy) is 1. The van der Waals surface area contributed by atoms with Crippen molar-refractivity contribution < 1.29 is 19.1 Å². The molecule has 0 spiro atoms. The van der Waals surface area contributed by atoms with Crippen molar-refractivity contribution in [2.75, 3.05) is 6.61 Å². The molecule has 0 N–H and O–H groups in total. The summed E-state index contributed by atoms with van der Waals surface area (Å²) in [6.07, 6.45) is 7.71. The first-order valence-electron chi connectivity index (χ1n) is 12.4. The molecule has 0 amide bonds. The van der Waals surface area contributed by atoms with Crippen molar-refractivity contribution in [1.29, 1.82) is 0 Å². The Kier molecular flexibility index (Phi) is 12.5. The lowest BCUT2D eigenvalue weighted by Gasteiger charge is -2.34. The average Bonchev–Trinajstić information content (AvgIpc) is 2.77. The fourth-order valence-corrected chi connectivity index (χ4v) is 4.14. The molecule has 6 unspecified atom stereocenters. The molecule has 4 heteroatoms. The van der Waals surface area contributed by atoms with E-state index in [1.807, 2.05) is 0 Å². The van der Waals surface area contributed by atoms with Crippen molar-refractivity contribution >= 4 is 17.5 Å². The van der Waals surface area contributed by atoms with Gasteiger partial charge in [-0.3, -0.25) is 14.4 Å². The molecular formula is C26H46O4. The number of hydrogen-bond donors (Lipinski definition) is 0. The number of carbonyl (C=O) groups is 3. The van der Waals surface area contributed by atoms with E-state index in [2.05, 4.69) is 41.5 Å². The lowest BCUT2D eigenvalue weighted by atomic mass is 9.69. The van der Waals surface area contributed by atoms with Crippen LogP contribution in [0, 0.1) is 35.5 Å². The van der Waals surface area contributed by atoms with Gasteiger partial charge in [0.15, 0.2) is 0 Å². The summed E-state index contributed by atoms with van der Waals surface area (Å²) in [4.78, 5) is 38.7. The Morgan fingerprint density at radius 1 is 0.767 bits per heavy atom. The molecule has 0 saturated heterocycles. The van der Waals surface area contributed by atoms with Crippen molar-refractivity contribution in [3.8, 4) is 0 Å². The highest BCUT2D eigenvalue weighted by molar-refractivity contribution is 5.90. The second kappa shape index (κ2) is 14.0. The van der Waals surface area contributed by atoms with Crippen LogP contribution >= 0.6 is 0 Å². The summed E-state index contributed by atoms with van der Waals surface area (Å²) in [5.74, 6) is 0.839. The maximum atomic E-state index is 13.1. The lowest BCUT2D eigenvalue weighted by molar-refractivity contribution is -0.154. The second-order valence-electron chi connectivity index (χ2n) is 9.90. The van der Waals surface area contributed by atoms with Crippen LogP contribution in [0.2, 0.25) is 0 Å². The summed E-state index contributed by atoms with van der Waals surface area (Å²) in [7, 11) is 0. The van der Waals surface area contributed by atoms with E-state index in [4.69, 9.17) is 4.74 Å². The summed E-state index contributed by atoms with van der Waals surface area (Å²) in [5, 5.41) is 0. The molecule has 1 saturated carbocycles. The Bertz CT molecular complexity index is 541. The van der Waals surface area contributed by atoms with E-state index in [9.17, 15) is 14.4 Å². The molecule has 0 bridgehead atoms. The average molecular weight is 423 g/mol. The van der Waals surface area contributed by atoms with Crippen LogP contribution < -0.4 is 0 Å². The van der Waals surface area contributed by atoms with Crippen molar-refractivity contribution in [3.63, 3.8) is 0 Å². The highest BCUT2D eigenvalue weighted by Crippen LogP contribution is 2.38. The number of hydrogen-bond acceptors (Lipinski definition) is 4. The molecule has 0 heterocycles. The highest BCUT2D eigenvalue weighted by atomic mass is 16.5. The standard InChI is InChI=1S/C26H46O4/c1-7-18(4)10-14-24(27)22-13-12-21(26(29)30-17-20(6)9-3)16-23(22)25(28)15-11-19(5)8-2/h18-23H,7-17H2,1-6H3. The normalized spacial score (nSPS) is 24.7. The molecule has 30 heavy (non-hydrogen) atoms. The summed E-state index contributed by atoms with van der Waals surface area (Å²) in [6, 6.07) is 0. The van der Waals surface area contributed by atoms with E-state index >= 15 is 0 Å². The van der Waals surface area contributed by atoms with Crippen LogP contribution in [0.3, 0.4) is 0 Å². The third kappa shape index (κ3) is 8.89. The zero-order valence-electron chi connectivity index (χ0n) is 20.4. The molecular weight excluding hydrogens is 376 g/mol. The minimum absolute atomic E-state index is 0.177. The van der Waals surface area contributed by atoms with Gasteiger partial charge in [0.25, 0.3) is 0 Å². The van der Waals surface area contributed by atoms with Crippen LogP contribution in [-0.2, 0) is 19.1 Å². The van der Waals surface area contributed by atoms with Crippen LogP contribution in [-0.4, -0.2) is 24.1 Å². The monoisotopic (exact) mass is 422 g/mol. The molecule has 1 fully saturated rings. The van der Waals surface area contributed by atoms with E-state index in [1.54, 1.807) is 0 Å². The molecule has 0 aromatic carbocycles. The summed E-state index contributed by atoms with van der Waals surface area (Å²) < 4.78 is 5.53. The Balaban J connectivity index is 2.81. The van der Waals surface area contributed by atoms with Gasteiger partial charge in [-0.2, -0.15) is 0 Å². The maximum Gasteiger partial charge on any atom is 0.308 e. The highest BCUT2D eigenvalue weighted by Gasteiger charge is 2.41. The molecule has 0 aromatic rings. The van der Waals surface area contributed by atoms with E-state index < -0.39 is 0 Å². The number of esters is 1. The Morgan fingerprint density at radius 2 is 1.27 bits per heavy atom. The van der Waals surface area contributed by atoms with Crippen molar-refractivity contribution in [2.24, 2.45) is 35.5 Å². The topological polar surface area (TPSA) is 60.4 Å². The van der Waals surface area contributed by atoms with Crippen molar-refractivity contribution in [1.82, 2.24) is 0 Å². The van der Waals surface area contributed by atoms with E-state index in [-0.39, 0.29) is 35.3 Å². The summed E-state index contributed by atoms with van der Waals surface area (Å²) >= 11 is 0. The molecule has 6 atom stereocenters. The van der Waals surface area contributed by atoms with Gasteiger partial charge in [-0.05, 0) is 49.9 Å². The summed E-state index contributed by atoms with van der Waals surface area (Å²) in [6.45, 7) is 13.2. The van der Waals surface area contributed by atoms with E-state index in [0.717, 1.165) is 32.1 Å². The zero-order valence-corrected chi connectivity index (χ0v) is 20.4. The largest absolute Gasteiger partial charge is 0.465 e. The van der Waals surface area contributed by atoms with Gasteiger partial charge in [0, 0.05) is 24.7 Å². The van der Waals surface area contributed by atoms with Gasteiger partial charge in [-0.1, -0.05) is 60.8 Å². The molecule has 1 rings (SSSR count). The fraction of sp³-hybridized carbons (Fsp3) is 0.885. The van der Waals surface area contributed by atoms with Gasteiger partial charge >= 0.3 is 5.97 Å². The Hall–Kier alpha value is -1.19. The zero-order chi connectivity index (χ0) is 22.7. The Morgan fingerprint density at radius 3 is 1.77 bits per heavy atom. The first-order chi connectivity index (χ1) is 14.2. The van der Waals surface area contributed by atoms with Crippen LogP contribution in [0.4, 0.5) is 0 Å². The number of carbonyl (C=O) groups excluding carboxylic acids is 3.